The van der Waals surface area contributed by atoms with Crippen molar-refractivity contribution < 1.29 is 9.53 Å². The Morgan fingerprint density at radius 2 is 2.19 bits per heavy atom. The molecule has 2 rings (SSSR count). The van der Waals surface area contributed by atoms with Crippen LogP contribution in [0.15, 0.2) is 59.6 Å². The van der Waals surface area contributed by atoms with Gasteiger partial charge in [-0.3, -0.25) is 4.79 Å². The third-order valence-electron chi connectivity index (χ3n) is 2.63. The molecule has 21 heavy (non-hydrogen) atoms. The number of carbonyl (C=O) groups is 1. The Labute approximate surface area is 127 Å². The molecule has 0 aliphatic carbocycles. The molecule has 0 aliphatic rings. The van der Waals surface area contributed by atoms with Crippen LogP contribution in [0, 0.1) is 0 Å². The zero-order valence-electron chi connectivity index (χ0n) is 11.7. The maximum absolute atomic E-state index is 11.7. The third-order valence-corrected chi connectivity index (χ3v) is 3.48. The van der Waals surface area contributed by atoms with Crippen molar-refractivity contribution in [3.63, 3.8) is 0 Å². The molecule has 0 aliphatic heterocycles. The second kappa shape index (κ2) is 7.40. The van der Waals surface area contributed by atoms with Crippen LogP contribution in [0.3, 0.4) is 0 Å². The lowest BCUT2D eigenvalue weighted by Gasteiger charge is -2.02. The van der Waals surface area contributed by atoms with Gasteiger partial charge < -0.3 is 9.30 Å². The van der Waals surface area contributed by atoms with Gasteiger partial charge in [-0.1, -0.05) is 24.8 Å². The molecule has 0 fully saturated rings. The average Bonchev–Trinajstić information content (AvgIpc) is 2.89. The number of amides is 1. The summed E-state index contributed by atoms with van der Waals surface area (Å²) in [6.45, 7) is 4.07. The molecule has 2 aromatic rings. The summed E-state index contributed by atoms with van der Waals surface area (Å²) >= 11 is 1.43. The van der Waals surface area contributed by atoms with Gasteiger partial charge >= 0.3 is 0 Å². The first-order chi connectivity index (χ1) is 10.2. The standard InChI is InChI=1S/C16H16N2O2S/c1-3-11-20-14-7-4-13(5-8-14)6-9-15(19)17-16-18(2)10-12-21-16/h3-10,12H,1,11H2,2H3/b9-6+,17-16?. The average molecular weight is 300 g/mol. The van der Waals surface area contributed by atoms with Gasteiger partial charge in [0.1, 0.15) is 12.4 Å². The van der Waals surface area contributed by atoms with Gasteiger partial charge in [0.25, 0.3) is 5.91 Å². The number of thiazole rings is 1. The fourth-order valence-electron chi connectivity index (χ4n) is 1.56. The predicted octanol–water partition coefficient (Wildman–Crippen LogP) is 2.79. The largest absolute Gasteiger partial charge is 0.490 e. The lowest BCUT2D eigenvalue weighted by molar-refractivity contribution is -0.113. The van der Waals surface area contributed by atoms with Gasteiger partial charge in [0.05, 0.1) is 0 Å². The van der Waals surface area contributed by atoms with Crippen molar-refractivity contribution in [1.82, 2.24) is 4.57 Å². The second-order valence-corrected chi connectivity index (χ2v) is 5.12. The minimum atomic E-state index is -0.278. The highest BCUT2D eigenvalue weighted by Crippen LogP contribution is 2.13. The fraction of sp³-hybridized carbons (Fsp3) is 0.125. The monoisotopic (exact) mass is 300 g/mol. The molecule has 4 nitrogen and oxygen atoms in total. The van der Waals surface area contributed by atoms with Crippen LogP contribution in [0.25, 0.3) is 6.08 Å². The number of benzene rings is 1. The van der Waals surface area contributed by atoms with Crippen LogP contribution in [-0.2, 0) is 11.8 Å². The van der Waals surface area contributed by atoms with E-state index in [-0.39, 0.29) is 5.91 Å². The van der Waals surface area contributed by atoms with E-state index in [1.54, 1.807) is 12.2 Å². The number of hydrogen-bond acceptors (Lipinski definition) is 3. The first kappa shape index (κ1) is 15.0. The van der Waals surface area contributed by atoms with Crippen LogP contribution in [0.4, 0.5) is 0 Å². The Morgan fingerprint density at radius 3 is 2.81 bits per heavy atom. The Bertz CT molecular complexity index is 708. The third kappa shape index (κ3) is 4.57. The van der Waals surface area contributed by atoms with E-state index in [2.05, 4.69) is 11.6 Å². The van der Waals surface area contributed by atoms with E-state index in [1.165, 1.54) is 17.4 Å². The van der Waals surface area contributed by atoms with Crippen molar-refractivity contribution in [3.8, 4) is 5.75 Å². The summed E-state index contributed by atoms with van der Waals surface area (Å²) in [6.07, 6.45) is 6.75. The molecule has 1 aromatic heterocycles. The van der Waals surface area contributed by atoms with Crippen LogP contribution in [0.1, 0.15) is 5.56 Å². The normalized spacial score (nSPS) is 11.8. The molecule has 0 N–H and O–H groups in total. The molecular weight excluding hydrogens is 284 g/mol. The SMILES string of the molecule is C=CCOc1ccc(/C=C/C(=O)N=c2sccn2C)cc1. The zero-order chi connectivity index (χ0) is 15.1. The van der Waals surface area contributed by atoms with Crippen LogP contribution in [-0.4, -0.2) is 17.1 Å². The van der Waals surface area contributed by atoms with Gasteiger partial charge in [-0.05, 0) is 23.8 Å². The summed E-state index contributed by atoms with van der Waals surface area (Å²) in [5.41, 5.74) is 0.917. The molecule has 0 spiro atoms. The maximum atomic E-state index is 11.7. The van der Waals surface area contributed by atoms with Crippen molar-refractivity contribution in [2.24, 2.45) is 12.0 Å². The Morgan fingerprint density at radius 1 is 1.43 bits per heavy atom. The van der Waals surface area contributed by atoms with Gasteiger partial charge in [-0.25, -0.2) is 0 Å². The molecular formula is C16H16N2O2S. The van der Waals surface area contributed by atoms with Crippen molar-refractivity contribution in [2.45, 2.75) is 0 Å². The maximum Gasteiger partial charge on any atom is 0.272 e. The molecule has 0 saturated heterocycles. The molecule has 1 aromatic carbocycles. The smallest absolute Gasteiger partial charge is 0.272 e. The first-order valence-corrected chi connectivity index (χ1v) is 7.27. The number of nitrogens with zero attached hydrogens (tertiary/aromatic N) is 2. The van der Waals surface area contributed by atoms with Crippen molar-refractivity contribution >= 4 is 23.3 Å². The molecule has 5 heteroatoms. The minimum absolute atomic E-state index is 0.278. The molecule has 108 valence electrons. The number of hydrogen-bond donors (Lipinski definition) is 0. The number of aromatic nitrogens is 1. The van der Waals surface area contributed by atoms with E-state index < -0.39 is 0 Å². The Balaban J connectivity index is 2.02. The fourth-order valence-corrected chi connectivity index (χ4v) is 2.30. The van der Waals surface area contributed by atoms with Gasteiger partial charge in [0, 0.05) is 24.7 Å². The highest BCUT2D eigenvalue weighted by atomic mass is 32.1. The van der Waals surface area contributed by atoms with Crippen molar-refractivity contribution in [3.05, 3.63) is 64.9 Å². The number of aryl methyl sites for hydroxylation is 1. The Hall–Kier alpha value is -2.40. The van der Waals surface area contributed by atoms with Gasteiger partial charge in [0.15, 0.2) is 4.80 Å². The van der Waals surface area contributed by atoms with E-state index in [4.69, 9.17) is 4.74 Å². The lowest BCUT2D eigenvalue weighted by atomic mass is 10.2. The quantitative estimate of drug-likeness (QED) is 0.629. The number of rotatable bonds is 5. The van der Waals surface area contributed by atoms with Gasteiger partial charge in [-0.2, -0.15) is 4.99 Å². The molecule has 0 saturated carbocycles. The van der Waals surface area contributed by atoms with Crippen LogP contribution in [0.5, 0.6) is 5.75 Å². The summed E-state index contributed by atoms with van der Waals surface area (Å²) in [5, 5.41) is 1.89. The summed E-state index contributed by atoms with van der Waals surface area (Å²) in [5.74, 6) is 0.494. The van der Waals surface area contributed by atoms with Crippen LogP contribution in [0.2, 0.25) is 0 Å². The topological polar surface area (TPSA) is 43.6 Å². The highest BCUT2D eigenvalue weighted by molar-refractivity contribution is 7.07. The van der Waals surface area contributed by atoms with Crippen molar-refractivity contribution in [1.29, 1.82) is 0 Å². The van der Waals surface area contributed by atoms with Gasteiger partial charge in [-0.15, -0.1) is 11.3 Å². The summed E-state index contributed by atoms with van der Waals surface area (Å²) in [4.78, 5) is 16.4. The summed E-state index contributed by atoms with van der Waals surface area (Å²) < 4.78 is 7.20. The number of ether oxygens (including phenoxy) is 1. The second-order valence-electron chi connectivity index (χ2n) is 4.25. The predicted molar refractivity (Wildman–Crippen MR) is 85.0 cm³/mol. The summed E-state index contributed by atoms with van der Waals surface area (Å²) in [7, 11) is 1.86. The zero-order valence-corrected chi connectivity index (χ0v) is 12.5. The van der Waals surface area contributed by atoms with E-state index in [0.717, 1.165) is 11.3 Å². The Kier molecular flexibility index (Phi) is 5.29. The van der Waals surface area contributed by atoms with E-state index in [9.17, 15) is 4.79 Å². The molecule has 0 bridgehead atoms. The van der Waals surface area contributed by atoms with Gasteiger partial charge in [0.2, 0.25) is 0 Å². The highest BCUT2D eigenvalue weighted by Gasteiger charge is 1.96. The van der Waals surface area contributed by atoms with Crippen LogP contribution >= 0.6 is 11.3 Å². The van der Waals surface area contributed by atoms with Crippen molar-refractivity contribution in [2.75, 3.05) is 6.61 Å². The van der Waals surface area contributed by atoms with E-state index in [1.807, 2.05) is 47.5 Å². The molecule has 1 heterocycles. The molecule has 0 unspecified atom stereocenters. The van der Waals surface area contributed by atoms with Crippen LogP contribution < -0.4 is 9.54 Å². The summed E-state index contributed by atoms with van der Waals surface area (Å²) in [6, 6.07) is 7.47. The lowest BCUT2D eigenvalue weighted by Crippen LogP contribution is -2.11. The van der Waals surface area contributed by atoms with E-state index in [0.29, 0.717) is 11.4 Å². The first-order valence-electron chi connectivity index (χ1n) is 6.39. The van der Waals surface area contributed by atoms with E-state index >= 15 is 0 Å². The number of carbonyl (C=O) groups excluding carboxylic acids is 1. The molecule has 1 amide bonds. The minimum Gasteiger partial charge on any atom is -0.490 e. The molecule has 0 radical (unpaired) electrons. The molecule has 0 atom stereocenters.